The van der Waals surface area contributed by atoms with Crippen molar-refractivity contribution in [1.29, 1.82) is 0 Å². The maximum atomic E-state index is 11.7. The van der Waals surface area contributed by atoms with Gasteiger partial charge in [-0.05, 0) is 24.3 Å². The van der Waals surface area contributed by atoms with E-state index in [1.54, 1.807) is 6.07 Å². The monoisotopic (exact) mass is 358 g/mol. The minimum absolute atomic E-state index is 0.258. The van der Waals surface area contributed by atoms with Crippen LogP contribution in [0.4, 0.5) is 11.6 Å². The lowest BCUT2D eigenvalue weighted by Gasteiger charge is -2.07. The Bertz CT molecular complexity index is 774. The van der Waals surface area contributed by atoms with Crippen LogP contribution >= 0.6 is 23.2 Å². The molecule has 0 saturated carbocycles. The topological polar surface area (TPSA) is 112 Å². The summed E-state index contributed by atoms with van der Waals surface area (Å²) in [7, 11) is 0. The molecule has 0 unspecified atom stereocenters. The van der Waals surface area contributed by atoms with Gasteiger partial charge in [-0.3, -0.25) is 14.9 Å². The number of anilines is 1. The molecule has 0 saturated heterocycles. The molecule has 0 radical (unpaired) electrons. The molecule has 0 aliphatic carbocycles. The van der Waals surface area contributed by atoms with Crippen LogP contribution in [0.2, 0.25) is 10.0 Å². The number of halogens is 2. The molecule has 2 aromatic rings. The summed E-state index contributed by atoms with van der Waals surface area (Å²) in [5.41, 5.74) is 0.258. The van der Waals surface area contributed by atoms with Crippen LogP contribution in [-0.2, 0) is 9.53 Å². The van der Waals surface area contributed by atoms with Crippen molar-refractivity contribution in [3.63, 3.8) is 0 Å². The number of nitrogens with one attached hydrogen (secondary N) is 1. The molecular formula is C13H8Cl2N2O6. The number of nitro groups is 1. The van der Waals surface area contributed by atoms with E-state index in [2.05, 4.69) is 14.5 Å². The van der Waals surface area contributed by atoms with Crippen LogP contribution in [0.5, 0.6) is 0 Å². The number of ether oxygens (including phenoxy) is 1. The van der Waals surface area contributed by atoms with Gasteiger partial charge >= 0.3 is 11.9 Å². The van der Waals surface area contributed by atoms with E-state index in [1.807, 2.05) is 0 Å². The van der Waals surface area contributed by atoms with Crippen molar-refractivity contribution in [2.45, 2.75) is 0 Å². The van der Waals surface area contributed by atoms with E-state index in [-0.39, 0.29) is 16.5 Å². The fourth-order valence-electron chi connectivity index (χ4n) is 1.52. The van der Waals surface area contributed by atoms with Crippen molar-refractivity contribution in [2.75, 3.05) is 11.9 Å². The summed E-state index contributed by atoms with van der Waals surface area (Å²) in [5.74, 6) is -2.66. The Labute approximate surface area is 139 Å². The van der Waals surface area contributed by atoms with E-state index in [1.165, 1.54) is 12.1 Å². The molecule has 0 fully saturated rings. The van der Waals surface area contributed by atoms with Crippen molar-refractivity contribution in [1.82, 2.24) is 0 Å². The Balaban J connectivity index is 1.92. The minimum atomic E-state index is -1.01. The van der Waals surface area contributed by atoms with Crippen LogP contribution in [0.1, 0.15) is 10.6 Å². The van der Waals surface area contributed by atoms with Crippen LogP contribution in [-0.4, -0.2) is 23.4 Å². The summed E-state index contributed by atoms with van der Waals surface area (Å²) in [4.78, 5) is 32.9. The lowest BCUT2D eigenvalue weighted by Crippen LogP contribution is -2.20. The van der Waals surface area contributed by atoms with Crippen LogP contribution in [0.3, 0.4) is 0 Å². The Kier molecular flexibility index (Phi) is 5.20. The number of furan rings is 1. The maximum absolute atomic E-state index is 11.7. The molecule has 8 nitrogen and oxygen atoms in total. The molecule has 2 rings (SSSR count). The first-order chi connectivity index (χ1) is 10.9. The summed E-state index contributed by atoms with van der Waals surface area (Å²) >= 11 is 11.6. The van der Waals surface area contributed by atoms with Crippen molar-refractivity contribution in [3.05, 3.63) is 56.3 Å². The highest BCUT2D eigenvalue weighted by molar-refractivity contribution is 6.35. The molecule has 1 heterocycles. The van der Waals surface area contributed by atoms with Gasteiger partial charge in [0, 0.05) is 5.02 Å². The SMILES string of the molecule is O=C(COC(=O)c1ccc([N+](=O)[O-])o1)Nc1cc(Cl)ccc1Cl. The zero-order valence-corrected chi connectivity index (χ0v) is 12.8. The van der Waals surface area contributed by atoms with Gasteiger partial charge in [0.15, 0.2) is 6.61 Å². The summed E-state index contributed by atoms with van der Waals surface area (Å²) < 4.78 is 9.33. The molecule has 1 aromatic carbocycles. The zero-order valence-electron chi connectivity index (χ0n) is 11.2. The number of benzene rings is 1. The average Bonchev–Trinajstić information content (AvgIpc) is 2.99. The average molecular weight is 359 g/mol. The van der Waals surface area contributed by atoms with E-state index in [9.17, 15) is 19.7 Å². The number of nitrogens with zero attached hydrogens (tertiary/aromatic N) is 1. The number of amides is 1. The van der Waals surface area contributed by atoms with Gasteiger partial charge in [0.1, 0.15) is 4.92 Å². The number of carbonyl (C=O) groups is 2. The standard InChI is InChI=1S/C13H8Cl2N2O6/c14-7-1-2-8(15)9(5-7)16-11(18)6-22-13(19)10-3-4-12(23-10)17(20)21/h1-5H,6H2,(H,16,18). The summed E-state index contributed by atoms with van der Waals surface area (Å²) in [6, 6.07) is 6.55. The fourth-order valence-corrected chi connectivity index (χ4v) is 1.85. The molecule has 0 spiro atoms. The highest BCUT2D eigenvalue weighted by atomic mass is 35.5. The maximum Gasteiger partial charge on any atom is 0.433 e. The summed E-state index contributed by atoms with van der Waals surface area (Å²) in [6.07, 6.45) is 0. The number of rotatable bonds is 5. The van der Waals surface area contributed by atoms with Gasteiger partial charge in [0.25, 0.3) is 5.91 Å². The molecular weight excluding hydrogens is 351 g/mol. The highest BCUT2D eigenvalue weighted by Crippen LogP contribution is 2.25. The molecule has 1 N–H and O–H groups in total. The first kappa shape index (κ1) is 16.8. The summed E-state index contributed by atoms with van der Waals surface area (Å²) in [5, 5.41) is 13.5. The second-order valence-electron chi connectivity index (χ2n) is 4.14. The van der Waals surface area contributed by atoms with Gasteiger partial charge in [0.2, 0.25) is 5.76 Å². The third-order valence-electron chi connectivity index (χ3n) is 2.51. The molecule has 10 heteroatoms. The third kappa shape index (κ3) is 4.44. The van der Waals surface area contributed by atoms with Crippen LogP contribution in [0, 0.1) is 10.1 Å². The van der Waals surface area contributed by atoms with E-state index in [0.717, 1.165) is 12.1 Å². The quantitative estimate of drug-likeness (QED) is 0.498. The van der Waals surface area contributed by atoms with E-state index in [4.69, 9.17) is 23.2 Å². The second-order valence-corrected chi connectivity index (χ2v) is 4.99. The Morgan fingerprint density at radius 3 is 2.65 bits per heavy atom. The van der Waals surface area contributed by atoms with Crippen molar-refractivity contribution >= 4 is 46.6 Å². The fraction of sp³-hybridized carbons (Fsp3) is 0.0769. The molecule has 120 valence electrons. The molecule has 0 bridgehead atoms. The van der Waals surface area contributed by atoms with Crippen LogP contribution < -0.4 is 5.32 Å². The summed E-state index contributed by atoms with van der Waals surface area (Å²) in [6.45, 7) is -0.629. The molecule has 0 aliphatic heterocycles. The van der Waals surface area contributed by atoms with Gasteiger partial charge in [-0.1, -0.05) is 23.2 Å². The largest absolute Gasteiger partial charge is 0.450 e. The lowest BCUT2D eigenvalue weighted by molar-refractivity contribution is -0.402. The first-order valence-corrected chi connectivity index (χ1v) is 6.78. The minimum Gasteiger partial charge on any atom is -0.450 e. The molecule has 0 aliphatic rings. The third-order valence-corrected chi connectivity index (χ3v) is 3.07. The predicted molar refractivity (Wildman–Crippen MR) is 80.7 cm³/mol. The number of hydrogen-bond donors (Lipinski definition) is 1. The zero-order chi connectivity index (χ0) is 17.0. The number of hydrogen-bond acceptors (Lipinski definition) is 6. The number of esters is 1. The Morgan fingerprint density at radius 2 is 2.00 bits per heavy atom. The number of carbonyl (C=O) groups excluding carboxylic acids is 2. The van der Waals surface area contributed by atoms with Crippen molar-refractivity contribution in [2.24, 2.45) is 0 Å². The molecule has 1 amide bonds. The highest BCUT2D eigenvalue weighted by Gasteiger charge is 2.19. The molecule has 1 aromatic heterocycles. The van der Waals surface area contributed by atoms with Crippen LogP contribution in [0.25, 0.3) is 0 Å². The smallest absolute Gasteiger partial charge is 0.433 e. The Morgan fingerprint density at radius 1 is 1.26 bits per heavy atom. The normalized spacial score (nSPS) is 10.2. The van der Waals surface area contributed by atoms with Gasteiger partial charge in [-0.2, -0.15) is 0 Å². The second kappa shape index (κ2) is 7.12. The predicted octanol–water partition coefficient (Wildman–Crippen LogP) is 3.29. The van der Waals surface area contributed by atoms with Gasteiger partial charge in [-0.15, -0.1) is 0 Å². The Hall–Kier alpha value is -2.58. The lowest BCUT2D eigenvalue weighted by atomic mass is 10.3. The van der Waals surface area contributed by atoms with E-state index in [0.29, 0.717) is 5.02 Å². The van der Waals surface area contributed by atoms with E-state index >= 15 is 0 Å². The molecule has 23 heavy (non-hydrogen) atoms. The van der Waals surface area contributed by atoms with Gasteiger partial charge < -0.3 is 14.5 Å². The van der Waals surface area contributed by atoms with Crippen molar-refractivity contribution < 1.29 is 23.7 Å². The first-order valence-electron chi connectivity index (χ1n) is 6.03. The van der Waals surface area contributed by atoms with Gasteiger partial charge in [0.05, 0.1) is 16.8 Å². The molecule has 0 atom stereocenters. The van der Waals surface area contributed by atoms with Gasteiger partial charge in [-0.25, -0.2) is 4.79 Å². The van der Waals surface area contributed by atoms with E-state index < -0.39 is 29.3 Å². The van der Waals surface area contributed by atoms with Crippen LogP contribution in [0.15, 0.2) is 34.7 Å². The van der Waals surface area contributed by atoms with Crippen molar-refractivity contribution in [3.8, 4) is 0 Å².